The minimum absolute atomic E-state index is 0.0627. The van der Waals surface area contributed by atoms with Gasteiger partial charge in [-0.2, -0.15) is 0 Å². The standard InChI is InChI=1S/C88H78BN3/c1-57-48-58(2)50-65(49-57)66-52-82-84-83(53-66)92(86-72(62-32-20-12-21-33-62)38-25-39-73(86)63-34-22-13-23-35-63)81-56-69(90-78-54-67(87(3,4)5)41-44-74(78)75-45-42-68(55-79(75)90)88(6,7)8)43-47-77(81)89(84)76-46-40-64(59-26-14-9-15-27-59)51-80(76)91(82)85-70(60-28-16-10-17-29-60)36-24-37-71(85)61-30-18-11-19-31-61/h9-47,51-58,65H,48-50H2,1-8H3. The predicted molar refractivity (Wildman–Crippen MR) is 394 cm³/mol. The van der Waals surface area contributed by atoms with E-state index in [1.165, 1.54) is 151 Å². The van der Waals surface area contributed by atoms with Gasteiger partial charge in [0.15, 0.2) is 0 Å². The summed E-state index contributed by atoms with van der Waals surface area (Å²) in [5.74, 6) is 1.51. The van der Waals surface area contributed by atoms with E-state index in [0.717, 1.165) is 18.5 Å². The van der Waals surface area contributed by atoms with E-state index in [-0.39, 0.29) is 17.5 Å². The third kappa shape index (κ3) is 9.80. The van der Waals surface area contributed by atoms with Crippen molar-refractivity contribution >= 4 is 79.0 Å². The van der Waals surface area contributed by atoms with Gasteiger partial charge in [-0.3, -0.25) is 0 Å². The lowest BCUT2D eigenvalue weighted by Gasteiger charge is -2.46. The first kappa shape index (κ1) is 57.3. The molecule has 1 aliphatic carbocycles. The topological polar surface area (TPSA) is 11.4 Å². The summed E-state index contributed by atoms with van der Waals surface area (Å²) in [4.78, 5) is 5.49. The van der Waals surface area contributed by atoms with E-state index < -0.39 is 0 Å². The minimum Gasteiger partial charge on any atom is -0.310 e. The Kier molecular flexibility index (Phi) is 14.0. The molecule has 0 N–H and O–H groups in total. The van der Waals surface area contributed by atoms with Gasteiger partial charge in [-0.05, 0) is 157 Å². The molecule has 3 aliphatic rings. The number of para-hydroxylation sites is 2. The van der Waals surface area contributed by atoms with Crippen molar-refractivity contribution in [2.24, 2.45) is 11.8 Å². The van der Waals surface area contributed by atoms with Crippen LogP contribution in [-0.2, 0) is 10.8 Å². The zero-order valence-electron chi connectivity index (χ0n) is 54.3. The summed E-state index contributed by atoms with van der Waals surface area (Å²) in [5.41, 5.74) is 30.4. The van der Waals surface area contributed by atoms with Crippen molar-refractivity contribution in [2.45, 2.75) is 91.4 Å². The fourth-order valence-corrected chi connectivity index (χ4v) is 16.1. The summed E-state index contributed by atoms with van der Waals surface area (Å²) in [6.45, 7) is 18.9. The Labute approximate surface area is 544 Å². The van der Waals surface area contributed by atoms with E-state index in [1.54, 1.807) is 0 Å². The molecule has 2 atom stereocenters. The molecule has 0 saturated heterocycles. The van der Waals surface area contributed by atoms with Crippen molar-refractivity contribution in [2.75, 3.05) is 9.80 Å². The van der Waals surface area contributed by atoms with Crippen LogP contribution >= 0.6 is 0 Å². The molecule has 12 aromatic carbocycles. The number of fused-ring (bicyclic) bond motifs is 7. The largest absolute Gasteiger partial charge is 0.310 e. The average molecular weight is 1190 g/mol. The molecule has 13 aromatic rings. The Balaban J connectivity index is 1.08. The van der Waals surface area contributed by atoms with Crippen molar-refractivity contribution in [1.82, 2.24) is 4.57 Å². The second kappa shape index (κ2) is 22.5. The normalized spacial score (nSPS) is 16.2. The molecule has 1 aromatic heterocycles. The monoisotopic (exact) mass is 1190 g/mol. The third-order valence-electron chi connectivity index (χ3n) is 20.5. The summed E-state index contributed by atoms with van der Waals surface area (Å²) >= 11 is 0. The number of anilines is 6. The molecule has 0 amide bonds. The molecule has 3 nitrogen and oxygen atoms in total. The minimum atomic E-state index is -0.152. The van der Waals surface area contributed by atoms with E-state index in [9.17, 15) is 0 Å². The smallest absolute Gasteiger partial charge is 0.252 e. The fraction of sp³-hybridized carbons (Fsp3) is 0.182. The predicted octanol–water partition coefficient (Wildman–Crippen LogP) is 22.3. The van der Waals surface area contributed by atoms with Gasteiger partial charge in [0.05, 0.1) is 22.4 Å². The summed E-state index contributed by atoms with van der Waals surface area (Å²) in [6, 6.07) is 104. The molecule has 1 saturated carbocycles. The highest BCUT2D eigenvalue weighted by Crippen LogP contribution is 2.55. The van der Waals surface area contributed by atoms with E-state index in [1.807, 2.05) is 0 Å². The SMILES string of the molecule is CC1CC(C)CC(c2cc3c4c(c2)N(c2c(-c5ccccc5)cccc2-c2ccccc2)c2cc(-n5c6cc(C(C)(C)C)ccc6c6ccc(C(C)(C)C)cc65)ccc2B4c2ccc(-c4ccccc4)cc2N3c2c(-c3ccccc3)cccc2-c2ccccc2)C1. The zero-order chi connectivity index (χ0) is 62.6. The van der Waals surface area contributed by atoms with Crippen molar-refractivity contribution in [1.29, 1.82) is 0 Å². The first-order valence-corrected chi connectivity index (χ1v) is 33.4. The lowest BCUT2D eigenvalue weighted by molar-refractivity contribution is 0.268. The van der Waals surface area contributed by atoms with Crippen molar-refractivity contribution in [3.63, 3.8) is 0 Å². The summed E-state index contributed by atoms with van der Waals surface area (Å²) < 4.78 is 2.60. The molecule has 0 radical (unpaired) electrons. The van der Waals surface area contributed by atoms with Crippen molar-refractivity contribution < 1.29 is 0 Å². The number of aromatic nitrogens is 1. The van der Waals surface area contributed by atoms with Crippen molar-refractivity contribution in [3.8, 4) is 61.3 Å². The highest BCUT2D eigenvalue weighted by molar-refractivity contribution is 7.00. The van der Waals surface area contributed by atoms with Crippen LogP contribution in [0, 0.1) is 11.8 Å². The first-order chi connectivity index (χ1) is 44.7. The summed E-state index contributed by atoms with van der Waals surface area (Å²) in [7, 11) is 0. The fourth-order valence-electron chi connectivity index (χ4n) is 16.1. The molecular weight excluding hydrogens is 1110 g/mol. The Morgan fingerprint density at radius 1 is 0.337 bits per heavy atom. The van der Waals surface area contributed by atoms with Crippen LogP contribution in [0.25, 0.3) is 83.1 Å². The lowest BCUT2D eigenvalue weighted by Crippen LogP contribution is -2.61. The van der Waals surface area contributed by atoms with Gasteiger partial charge in [-0.1, -0.05) is 286 Å². The van der Waals surface area contributed by atoms with Crippen LogP contribution in [0.3, 0.4) is 0 Å². The summed E-state index contributed by atoms with van der Waals surface area (Å²) in [6.07, 6.45) is 3.51. The van der Waals surface area contributed by atoms with Gasteiger partial charge < -0.3 is 14.4 Å². The molecule has 2 unspecified atom stereocenters. The van der Waals surface area contributed by atoms with Gasteiger partial charge in [0, 0.05) is 61.5 Å². The van der Waals surface area contributed by atoms with Crippen LogP contribution in [-0.4, -0.2) is 11.3 Å². The highest BCUT2D eigenvalue weighted by Gasteiger charge is 2.46. The second-order valence-electron chi connectivity index (χ2n) is 28.7. The van der Waals surface area contributed by atoms with Gasteiger partial charge in [0.25, 0.3) is 6.71 Å². The Morgan fingerprint density at radius 3 is 1.14 bits per heavy atom. The Morgan fingerprint density at radius 2 is 0.728 bits per heavy atom. The second-order valence-corrected chi connectivity index (χ2v) is 28.7. The molecular formula is C88H78BN3. The Bertz CT molecular complexity index is 4760. The maximum Gasteiger partial charge on any atom is 0.252 e. The molecule has 448 valence electrons. The molecule has 4 heteroatoms. The third-order valence-corrected chi connectivity index (χ3v) is 20.5. The quantitative estimate of drug-likeness (QED) is 0.133. The van der Waals surface area contributed by atoms with Gasteiger partial charge in [-0.15, -0.1) is 0 Å². The molecule has 92 heavy (non-hydrogen) atoms. The number of hydrogen-bond donors (Lipinski definition) is 0. The Hall–Kier alpha value is -9.90. The van der Waals surface area contributed by atoms with Crippen LogP contribution in [0.2, 0.25) is 0 Å². The van der Waals surface area contributed by atoms with Gasteiger partial charge in [0.1, 0.15) is 0 Å². The van der Waals surface area contributed by atoms with Crippen LogP contribution < -0.4 is 26.2 Å². The lowest BCUT2D eigenvalue weighted by atomic mass is 9.33. The van der Waals surface area contributed by atoms with E-state index in [2.05, 4.69) is 343 Å². The average Bonchev–Trinajstić information content (AvgIpc) is 0.786. The maximum atomic E-state index is 2.76. The van der Waals surface area contributed by atoms with Crippen molar-refractivity contribution in [3.05, 3.63) is 290 Å². The van der Waals surface area contributed by atoms with E-state index in [0.29, 0.717) is 17.8 Å². The molecule has 0 bridgehead atoms. The molecule has 0 spiro atoms. The van der Waals surface area contributed by atoms with Crippen LogP contribution in [0.5, 0.6) is 0 Å². The number of rotatable bonds is 9. The van der Waals surface area contributed by atoms with E-state index >= 15 is 0 Å². The number of benzene rings is 12. The van der Waals surface area contributed by atoms with Gasteiger partial charge in [0.2, 0.25) is 0 Å². The zero-order valence-corrected chi connectivity index (χ0v) is 54.3. The molecule has 2 aliphatic heterocycles. The number of nitrogens with zero attached hydrogens (tertiary/aromatic N) is 3. The van der Waals surface area contributed by atoms with E-state index in [4.69, 9.17) is 0 Å². The summed E-state index contributed by atoms with van der Waals surface area (Å²) in [5, 5.41) is 2.53. The van der Waals surface area contributed by atoms with Gasteiger partial charge in [-0.25, -0.2) is 0 Å². The van der Waals surface area contributed by atoms with Gasteiger partial charge >= 0.3 is 0 Å². The van der Waals surface area contributed by atoms with Crippen LogP contribution in [0.4, 0.5) is 34.1 Å². The van der Waals surface area contributed by atoms with Crippen LogP contribution in [0.15, 0.2) is 273 Å². The number of hydrogen-bond acceptors (Lipinski definition) is 2. The maximum absolute atomic E-state index is 2.76. The first-order valence-electron chi connectivity index (χ1n) is 33.4. The molecule has 16 rings (SSSR count). The highest BCUT2D eigenvalue weighted by atomic mass is 15.2. The molecule has 3 heterocycles. The molecule has 1 fully saturated rings. The van der Waals surface area contributed by atoms with Crippen LogP contribution in [0.1, 0.15) is 97.3 Å².